The number of carbonyl (C=O) groups is 1. The van der Waals surface area contributed by atoms with Crippen LogP contribution in [-0.4, -0.2) is 39.4 Å². The lowest BCUT2D eigenvalue weighted by molar-refractivity contribution is 0.0945. The number of benzene rings is 2. The van der Waals surface area contributed by atoms with Crippen LogP contribution in [0.2, 0.25) is 5.02 Å². The topological polar surface area (TPSA) is 63.1 Å². The molecule has 3 aromatic rings. The second-order valence-corrected chi connectivity index (χ2v) is 7.18. The molecule has 6 nitrogen and oxygen atoms in total. The monoisotopic (exact) mass is 397 g/mol. The van der Waals surface area contributed by atoms with E-state index in [1.54, 1.807) is 16.8 Å². The van der Waals surface area contributed by atoms with Crippen molar-refractivity contribution in [2.75, 3.05) is 13.6 Å². The fourth-order valence-electron chi connectivity index (χ4n) is 2.92. The van der Waals surface area contributed by atoms with Gasteiger partial charge >= 0.3 is 0 Å². The lowest BCUT2D eigenvalue weighted by Gasteiger charge is -2.14. The molecule has 0 aliphatic heterocycles. The van der Waals surface area contributed by atoms with Crippen LogP contribution in [0.3, 0.4) is 0 Å². The molecule has 7 heteroatoms. The third-order valence-corrected chi connectivity index (χ3v) is 4.83. The van der Waals surface area contributed by atoms with Gasteiger partial charge in [0.05, 0.1) is 11.4 Å². The minimum absolute atomic E-state index is 0.248. The number of nitrogens with zero attached hydrogens (tertiary/aromatic N) is 4. The van der Waals surface area contributed by atoms with Crippen molar-refractivity contribution < 1.29 is 4.79 Å². The van der Waals surface area contributed by atoms with Gasteiger partial charge in [0.1, 0.15) is 0 Å². The van der Waals surface area contributed by atoms with Crippen LogP contribution in [0.15, 0.2) is 48.5 Å². The SMILES string of the molecule is CCN(C)Cc1cccc(CNC(=O)c2nnn(-c3cccc(Cl)c3)c2C)c1. The van der Waals surface area contributed by atoms with Crippen molar-refractivity contribution in [1.29, 1.82) is 0 Å². The number of hydrogen-bond acceptors (Lipinski definition) is 4. The van der Waals surface area contributed by atoms with Crippen molar-refractivity contribution in [2.45, 2.75) is 26.9 Å². The Hall–Kier alpha value is -2.70. The summed E-state index contributed by atoms with van der Waals surface area (Å²) in [6.45, 7) is 6.25. The Labute approximate surface area is 170 Å². The molecule has 0 aliphatic rings. The van der Waals surface area contributed by atoms with E-state index in [4.69, 9.17) is 11.6 Å². The Morgan fingerprint density at radius 3 is 2.68 bits per heavy atom. The van der Waals surface area contributed by atoms with Crippen LogP contribution in [0, 0.1) is 6.92 Å². The summed E-state index contributed by atoms with van der Waals surface area (Å²) in [6, 6.07) is 15.5. The van der Waals surface area contributed by atoms with Crippen molar-refractivity contribution >= 4 is 17.5 Å². The van der Waals surface area contributed by atoms with E-state index in [-0.39, 0.29) is 5.91 Å². The predicted molar refractivity (Wildman–Crippen MR) is 111 cm³/mol. The molecule has 0 unspecified atom stereocenters. The maximum absolute atomic E-state index is 12.6. The van der Waals surface area contributed by atoms with Crippen LogP contribution in [0.25, 0.3) is 5.69 Å². The molecule has 28 heavy (non-hydrogen) atoms. The molecular weight excluding hydrogens is 374 g/mol. The average molecular weight is 398 g/mol. The summed E-state index contributed by atoms with van der Waals surface area (Å²) in [6.07, 6.45) is 0. The average Bonchev–Trinajstić information content (AvgIpc) is 3.08. The highest BCUT2D eigenvalue weighted by Gasteiger charge is 2.17. The second kappa shape index (κ2) is 8.99. The van der Waals surface area contributed by atoms with E-state index in [1.807, 2.05) is 31.2 Å². The standard InChI is InChI=1S/C21H24ClN5O/c1-4-26(3)14-17-8-5-7-16(11-17)13-23-21(28)20-15(2)27(25-24-20)19-10-6-9-18(22)12-19/h5-12H,4,13-14H2,1-3H3,(H,23,28). The van der Waals surface area contributed by atoms with Gasteiger partial charge in [-0.1, -0.05) is 54.1 Å². The Balaban J connectivity index is 1.68. The van der Waals surface area contributed by atoms with E-state index in [2.05, 4.69) is 46.6 Å². The Morgan fingerprint density at radius 2 is 1.93 bits per heavy atom. The molecule has 1 aromatic heterocycles. The molecule has 1 N–H and O–H groups in total. The van der Waals surface area contributed by atoms with Crippen molar-refractivity contribution in [3.05, 3.63) is 76.1 Å². The number of nitrogens with one attached hydrogen (secondary N) is 1. The lowest BCUT2D eigenvalue weighted by atomic mass is 10.1. The molecule has 0 spiro atoms. The van der Waals surface area contributed by atoms with Gasteiger partial charge in [-0.05, 0) is 49.8 Å². The third-order valence-electron chi connectivity index (χ3n) is 4.60. The quantitative estimate of drug-likeness (QED) is 0.661. The van der Waals surface area contributed by atoms with Gasteiger partial charge in [-0.25, -0.2) is 4.68 Å². The molecule has 146 valence electrons. The molecule has 3 rings (SSSR count). The van der Waals surface area contributed by atoms with Gasteiger partial charge in [-0.3, -0.25) is 4.79 Å². The number of amides is 1. The highest BCUT2D eigenvalue weighted by atomic mass is 35.5. The van der Waals surface area contributed by atoms with Gasteiger partial charge in [0, 0.05) is 18.1 Å². The van der Waals surface area contributed by atoms with Gasteiger partial charge in [0.25, 0.3) is 5.91 Å². The lowest BCUT2D eigenvalue weighted by Crippen LogP contribution is -2.24. The molecule has 1 amide bonds. The number of halogens is 1. The first kappa shape index (κ1) is 20.0. The summed E-state index contributed by atoms with van der Waals surface area (Å²) in [5.74, 6) is -0.248. The highest BCUT2D eigenvalue weighted by Crippen LogP contribution is 2.17. The molecule has 0 atom stereocenters. The molecule has 0 aliphatic carbocycles. The van der Waals surface area contributed by atoms with Crippen molar-refractivity contribution in [3.63, 3.8) is 0 Å². The molecule has 0 saturated carbocycles. The molecule has 0 saturated heterocycles. The summed E-state index contributed by atoms with van der Waals surface area (Å²) in [7, 11) is 2.08. The van der Waals surface area contributed by atoms with Crippen LogP contribution < -0.4 is 5.32 Å². The summed E-state index contributed by atoms with van der Waals surface area (Å²) in [5, 5.41) is 11.7. The van der Waals surface area contributed by atoms with E-state index in [0.29, 0.717) is 23.0 Å². The summed E-state index contributed by atoms with van der Waals surface area (Å²) in [5.41, 5.74) is 4.01. The van der Waals surface area contributed by atoms with Gasteiger partial charge < -0.3 is 10.2 Å². The second-order valence-electron chi connectivity index (χ2n) is 6.75. The first-order valence-electron chi connectivity index (χ1n) is 9.20. The van der Waals surface area contributed by atoms with Gasteiger partial charge in [0.15, 0.2) is 5.69 Å². The van der Waals surface area contributed by atoms with Crippen molar-refractivity contribution in [1.82, 2.24) is 25.2 Å². The number of hydrogen-bond donors (Lipinski definition) is 1. The maximum atomic E-state index is 12.6. The maximum Gasteiger partial charge on any atom is 0.274 e. The predicted octanol–water partition coefficient (Wildman–Crippen LogP) is 3.61. The summed E-state index contributed by atoms with van der Waals surface area (Å²) in [4.78, 5) is 14.8. The zero-order valence-electron chi connectivity index (χ0n) is 16.3. The largest absolute Gasteiger partial charge is 0.347 e. The molecule has 0 fully saturated rings. The van der Waals surface area contributed by atoms with Gasteiger partial charge in [-0.2, -0.15) is 0 Å². The molecule has 2 aromatic carbocycles. The van der Waals surface area contributed by atoms with E-state index >= 15 is 0 Å². The Bertz CT molecular complexity index is 969. The molecule has 0 bridgehead atoms. The van der Waals surface area contributed by atoms with Crippen LogP contribution in [-0.2, 0) is 13.1 Å². The Kier molecular flexibility index (Phi) is 6.44. The first-order valence-corrected chi connectivity index (χ1v) is 9.58. The van der Waals surface area contributed by atoms with E-state index in [9.17, 15) is 4.79 Å². The van der Waals surface area contributed by atoms with Crippen LogP contribution in [0.5, 0.6) is 0 Å². The van der Waals surface area contributed by atoms with Crippen molar-refractivity contribution in [3.8, 4) is 5.69 Å². The molecular formula is C21H24ClN5O. The van der Waals surface area contributed by atoms with Crippen molar-refractivity contribution in [2.24, 2.45) is 0 Å². The normalized spacial score (nSPS) is 11.0. The van der Waals surface area contributed by atoms with E-state index in [1.165, 1.54) is 5.56 Å². The van der Waals surface area contributed by atoms with Crippen LogP contribution in [0.1, 0.15) is 34.2 Å². The van der Waals surface area contributed by atoms with Gasteiger partial charge in [-0.15, -0.1) is 5.10 Å². The fourth-order valence-corrected chi connectivity index (χ4v) is 3.10. The number of aromatic nitrogens is 3. The zero-order valence-corrected chi connectivity index (χ0v) is 17.1. The van der Waals surface area contributed by atoms with Gasteiger partial charge in [0.2, 0.25) is 0 Å². The molecule has 0 radical (unpaired) electrons. The number of rotatable bonds is 7. The minimum Gasteiger partial charge on any atom is -0.347 e. The zero-order chi connectivity index (χ0) is 20.1. The van der Waals surface area contributed by atoms with E-state index in [0.717, 1.165) is 24.3 Å². The smallest absolute Gasteiger partial charge is 0.274 e. The third kappa shape index (κ3) is 4.77. The fraction of sp³-hybridized carbons (Fsp3) is 0.286. The molecule has 1 heterocycles. The number of carbonyl (C=O) groups excluding carboxylic acids is 1. The summed E-state index contributed by atoms with van der Waals surface area (Å²) >= 11 is 6.04. The van der Waals surface area contributed by atoms with Crippen LogP contribution in [0.4, 0.5) is 0 Å². The highest BCUT2D eigenvalue weighted by molar-refractivity contribution is 6.30. The van der Waals surface area contributed by atoms with Crippen LogP contribution >= 0.6 is 11.6 Å². The first-order chi connectivity index (χ1) is 13.5. The van der Waals surface area contributed by atoms with E-state index < -0.39 is 0 Å². The minimum atomic E-state index is -0.248. The summed E-state index contributed by atoms with van der Waals surface area (Å²) < 4.78 is 1.61. The Morgan fingerprint density at radius 1 is 1.18 bits per heavy atom.